The number of hydrogen-bond donors (Lipinski definition) is 0. The van der Waals surface area contributed by atoms with Crippen LogP contribution in [0.1, 0.15) is 17.5 Å². The van der Waals surface area contributed by atoms with E-state index >= 15 is 0 Å². The Morgan fingerprint density at radius 1 is 1.22 bits per heavy atom. The second-order valence-corrected chi connectivity index (χ2v) is 7.00. The number of rotatable bonds is 5. The number of carbonyl (C=O) groups is 1. The molecule has 2 aromatic carbocycles. The lowest BCUT2D eigenvalue weighted by Gasteiger charge is -2.36. The van der Waals surface area contributed by atoms with E-state index in [4.69, 9.17) is 4.74 Å². The fourth-order valence-corrected chi connectivity index (χ4v) is 4.26. The van der Waals surface area contributed by atoms with Crippen molar-refractivity contribution in [1.29, 1.82) is 0 Å². The van der Waals surface area contributed by atoms with Crippen LogP contribution in [-0.4, -0.2) is 23.3 Å². The van der Waals surface area contributed by atoms with Gasteiger partial charge in [-0.25, -0.2) is 4.21 Å². The number of anilines is 1. The van der Waals surface area contributed by atoms with Crippen molar-refractivity contribution in [3.05, 3.63) is 59.7 Å². The van der Waals surface area contributed by atoms with Crippen molar-refractivity contribution < 1.29 is 13.7 Å². The summed E-state index contributed by atoms with van der Waals surface area (Å²) in [5, 5.41) is 0. The maximum atomic E-state index is 13.1. The van der Waals surface area contributed by atoms with Gasteiger partial charge >= 0.3 is 0 Å². The third-order valence-corrected chi connectivity index (χ3v) is 5.59. The number of hydrogen-bond acceptors (Lipinski definition) is 3. The Balaban J connectivity index is 1.97. The van der Waals surface area contributed by atoms with Crippen molar-refractivity contribution in [2.45, 2.75) is 30.7 Å². The van der Waals surface area contributed by atoms with Gasteiger partial charge in [-0.05, 0) is 43.5 Å². The molecule has 5 heteroatoms. The van der Waals surface area contributed by atoms with E-state index in [0.29, 0.717) is 6.47 Å². The van der Waals surface area contributed by atoms with E-state index in [9.17, 15) is 9.00 Å². The van der Waals surface area contributed by atoms with Crippen LogP contribution >= 0.6 is 0 Å². The molecule has 2 unspecified atom stereocenters. The van der Waals surface area contributed by atoms with Gasteiger partial charge in [-0.15, -0.1) is 0 Å². The number of fused-ring (bicyclic) bond motifs is 1. The Morgan fingerprint density at radius 3 is 2.70 bits per heavy atom. The number of nitrogens with zero attached hydrogens (tertiary/aromatic N) is 1. The minimum Gasteiger partial charge on any atom is -0.466 e. The zero-order valence-electron chi connectivity index (χ0n) is 13.0. The van der Waals surface area contributed by atoms with Gasteiger partial charge in [0, 0.05) is 0 Å². The fraction of sp³-hybridized carbons (Fsp3) is 0.278. The largest absolute Gasteiger partial charge is 0.466 e. The minimum atomic E-state index is -1.34. The number of aryl methyl sites for hydroxylation is 2. The molecular weight excluding hydrogens is 310 g/mol. The third-order valence-electron chi connectivity index (χ3n) is 4.07. The second kappa shape index (κ2) is 6.96. The number of ether oxygens (including phenoxy) is 1. The summed E-state index contributed by atoms with van der Waals surface area (Å²) in [5.74, 6) is 0. The zero-order valence-corrected chi connectivity index (χ0v) is 13.8. The van der Waals surface area contributed by atoms with Crippen LogP contribution in [0.15, 0.2) is 53.4 Å². The molecule has 1 aliphatic rings. The lowest BCUT2D eigenvalue weighted by molar-refractivity contribution is -0.129. The Labute approximate surface area is 138 Å². The third kappa shape index (κ3) is 3.29. The van der Waals surface area contributed by atoms with E-state index in [-0.39, 0.29) is 12.6 Å². The highest BCUT2D eigenvalue weighted by Crippen LogP contribution is 2.33. The molecular formula is C18H19NO3S. The van der Waals surface area contributed by atoms with E-state index in [1.54, 1.807) is 0 Å². The summed E-state index contributed by atoms with van der Waals surface area (Å²) in [5.41, 5.74) is 3.26. The summed E-state index contributed by atoms with van der Waals surface area (Å²) in [4.78, 5) is 11.3. The van der Waals surface area contributed by atoms with Gasteiger partial charge in [-0.3, -0.25) is 9.10 Å². The molecule has 4 nitrogen and oxygen atoms in total. The molecule has 0 aromatic heterocycles. The highest BCUT2D eigenvalue weighted by atomic mass is 32.2. The summed E-state index contributed by atoms with van der Waals surface area (Å²) in [6, 6.07) is 15.6. The molecule has 120 valence electrons. The van der Waals surface area contributed by atoms with Crippen LogP contribution in [0.5, 0.6) is 0 Å². The number of benzene rings is 2. The number of para-hydroxylation sites is 1. The highest BCUT2D eigenvalue weighted by molar-refractivity contribution is 7.86. The standard InChI is InChI=1S/C18H19NO3S/c1-14-6-10-17(11-7-14)23(21)19-16(12-22-13-20)9-8-15-4-2-3-5-18(15)19/h2-7,10-11,13,16H,8-9,12H2,1H3. The maximum absolute atomic E-state index is 13.1. The van der Waals surface area contributed by atoms with Crippen molar-refractivity contribution in [2.24, 2.45) is 0 Å². The number of carbonyl (C=O) groups excluding carboxylic acids is 1. The molecule has 0 saturated carbocycles. The first kappa shape index (κ1) is 15.7. The quantitative estimate of drug-likeness (QED) is 0.792. The van der Waals surface area contributed by atoms with Crippen LogP contribution in [0, 0.1) is 6.92 Å². The molecule has 0 spiro atoms. The van der Waals surface area contributed by atoms with Crippen LogP contribution < -0.4 is 4.31 Å². The van der Waals surface area contributed by atoms with Gasteiger partial charge in [0.2, 0.25) is 0 Å². The maximum Gasteiger partial charge on any atom is 0.293 e. The predicted molar refractivity (Wildman–Crippen MR) is 90.6 cm³/mol. The summed E-state index contributed by atoms with van der Waals surface area (Å²) >= 11 is 0. The normalized spacial score (nSPS) is 18.1. The smallest absolute Gasteiger partial charge is 0.293 e. The zero-order chi connectivity index (χ0) is 16.2. The van der Waals surface area contributed by atoms with E-state index < -0.39 is 11.0 Å². The molecule has 0 saturated heterocycles. The van der Waals surface area contributed by atoms with Crippen LogP contribution in [0.4, 0.5) is 5.69 Å². The van der Waals surface area contributed by atoms with Crippen molar-refractivity contribution in [2.75, 3.05) is 10.9 Å². The summed E-state index contributed by atoms with van der Waals surface area (Å²) in [6.07, 6.45) is 1.70. The Bertz CT molecular complexity index is 714. The van der Waals surface area contributed by atoms with Gasteiger partial charge in [-0.1, -0.05) is 35.9 Å². The van der Waals surface area contributed by atoms with Crippen molar-refractivity contribution >= 4 is 23.1 Å². The van der Waals surface area contributed by atoms with E-state index in [1.165, 1.54) is 5.56 Å². The SMILES string of the molecule is Cc1ccc(S(=O)N2c3ccccc3CCC2COC=O)cc1. The molecule has 0 fully saturated rings. The molecule has 0 N–H and O–H groups in total. The van der Waals surface area contributed by atoms with E-state index in [1.807, 2.05) is 53.7 Å². The van der Waals surface area contributed by atoms with Gasteiger partial charge in [0.15, 0.2) is 11.0 Å². The average molecular weight is 329 g/mol. The average Bonchev–Trinajstić information content (AvgIpc) is 2.59. The Kier molecular flexibility index (Phi) is 4.76. The fourth-order valence-electron chi connectivity index (χ4n) is 2.87. The first-order valence-corrected chi connectivity index (χ1v) is 8.72. The summed E-state index contributed by atoms with van der Waals surface area (Å²) in [7, 11) is -1.34. The molecule has 0 radical (unpaired) electrons. The molecule has 0 amide bonds. The minimum absolute atomic E-state index is 0.0859. The topological polar surface area (TPSA) is 46.6 Å². The molecule has 1 heterocycles. The molecule has 23 heavy (non-hydrogen) atoms. The second-order valence-electron chi connectivity index (χ2n) is 5.64. The van der Waals surface area contributed by atoms with Crippen LogP contribution in [-0.2, 0) is 26.9 Å². The molecule has 1 aliphatic heterocycles. The summed E-state index contributed by atoms with van der Waals surface area (Å²) in [6.45, 7) is 2.70. The van der Waals surface area contributed by atoms with Crippen LogP contribution in [0.3, 0.4) is 0 Å². The van der Waals surface area contributed by atoms with Gasteiger partial charge < -0.3 is 4.74 Å². The monoisotopic (exact) mass is 329 g/mol. The predicted octanol–water partition coefficient (Wildman–Crippen LogP) is 3.01. The Hall–Kier alpha value is -2.14. The van der Waals surface area contributed by atoms with Gasteiger partial charge in [-0.2, -0.15) is 0 Å². The molecule has 3 rings (SSSR count). The van der Waals surface area contributed by atoms with Crippen molar-refractivity contribution in [1.82, 2.24) is 0 Å². The lowest BCUT2D eigenvalue weighted by Crippen LogP contribution is -2.43. The van der Waals surface area contributed by atoms with E-state index in [0.717, 1.165) is 29.0 Å². The molecule has 0 bridgehead atoms. The van der Waals surface area contributed by atoms with Crippen LogP contribution in [0.25, 0.3) is 0 Å². The first-order valence-electron chi connectivity index (χ1n) is 7.61. The highest BCUT2D eigenvalue weighted by Gasteiger charge is 2.31. The van der Waals surface area contributed by atoms with Gasteiger partial charge in [0.25, 0.3) is 6.47 Å². The van der Waals surface area contributed by atoms with Crippen molar-refractivity contribution in [3.63, 3.8) is 0 Å². The van der Waals surface area contributed by atoms with Crippen molar-refractivity contribution in [3.8, 4) is 0 Å². The first-order chi connectivity index (χ1) is 11.2. The van der Waals surface area contributed by atoms with Crippen LogP contribution in [0.2, 0.25) is 0 Å². The lowest BCUT2D eigenvalue weighted by atomic mass is 9.98. The van der Waals surface area contributed by atoms with E-state index in [2.05, 4.69) is 6.07 Å². The Morgan fingerprint density at radius 2 is 1.96 bits per heavy atom. The molecule has 2 atom stereocenters. The summed E-state index contributed by atoms with van der Waals surface area (Å²) < 4.78 is 20.0. The van der Waals surface area contributed by atoms with Gasteiger partial charge in [0.05, 0.1) is 16.6 Å². The van der Waals surface area contributed by atoms with Gasteiger partial charge in [0.1, 0.15) is 6.61 Å². The molecule has 0 aliphatic carbocycles. The molecule has 2 aromatic rings.